The van der Waals surface area contributed by atoms with Crippen molar-refractivity contribution in [3.05, 3.63) is 78.1 Å². The number of ether oxygens (including phenoxy) is 1. The van der Waals surface area contributed by atoms with Crippen LogP contribution in [-0.4, -0.2) is 15.0 Å². The van der Waals surface area contributed by atoms with E-state index in [-0.39, 0.29) is 6.10 Å². The smallest absolute Gasteiger partial charge is 0.146 e. The van der Waals surface area contributed by atoms with E-state index in [1.54, 1.807) is 18.3 Å². The minimum atomic E-state index is -0.399. The zero-order chi connectivity index (χ0) is 21.1. The van der Waals surface area contributed by atoms with Gasteiger partial charge >= 0.3 is 0 Å². The Balaban J connectivity index is 1.71. The first-order chi connectivity index (χ1) is 14.5. The summed E-state index contributed by atoms with van der Waals surface area (Å²) in [5.41, 5.74) is 3.62. The Labute approximate surface area is 178 Å². The van der Waals surface area contributed by atoms with Crippen molar-refractivity contribution in [3.8, 4) is 5.75 Å². The normalized spacial score (nSPS) is 11.8. The summed E-state index contributed by atoms with van der Waals surface area (Å²) in [6, 6.07) is 13.6. The monoisotopic (exact) mass is 419 g/mol. The molecule has 0 aliphatic carbocycles. The second-order valence-electron chi connectivity index (χ2n) is 6.75. The predicted octanol–water partition coefficient (Wildman–Crippen LogP) is 5.72. The lowest BCUT2D eigenvalue weighted by molar-refractivity contribution is 0.222. The molecule has 150 valence electrons. The second kappa shape index (κ2) is 8.46. The largest absolute Gasteiger partial charge is 0.482 e. The number of benzene rings is 2. The molecular weight excluding hydrogens is 401 g/mol. The summed E-state index contributed by atoms with van der Waals surface area (Å²) in [4.78, 5) is 13.0. The maximum Gasteiger partial charge on any atom is 0.146 e. The van der Waals surface area contributed by atoms with Crippen LogP contribution >= 0.6 is 0 Å². The van der Waals surface area contributed by atoms with Crippen LogP contribution < -0.4 is 10.1 Å². The van der Waals surface area contributed by atoms with E-state index in [0.29, 0.717) is 28.5 Å². The van der Waals surface area contributed by atoms with E-state index in [0.717, 1.165) is 16.6 Å². The van der Waals surface area contributed by atoms with E-state index < -0.39 is 5.82 Å². The van der Waals surface area contributed by atoms with Gasteiger partial charge in [-0.05, 0) is 55.8 Å². The predicted molar refractivity (Wildman–Crippen MR) is 117 cm³/mol. The third-order valence-electron chi connectivity index (χ3n) is 4.63. The molecule has 0 aliphatic heterocycles. The maximum absolute atomic E-state index is 14.0. The Kier molecular flexibility index (Phi) is 5.58. The number of rotatable bonds is 6. The highest BCUT2D eigenvalue weighted by Gasteiger charge is 2.15. The van der Waals surface area contributed by atoms with Gasteiger partial charge in [-0.15, -0.1) is 0 Å². The average Bonchev–Trinajstić information content (AvgIpc) is 2.76. The van der Waals surface area contributed by atoms with Crippen LogP contribution in [0.2, 0.25) is 0 Å². The molecule has 8 heteroatoms. The summed E-state index contributed by atoms with van der Waals surface area (Å²) < 4.78 is 23.8. The number of aromatic nitrogens is 3. The first kappa shape index (κ1) is 19.8. The quantitative estimate of drug-likeness (QED) is 0.431. The summed E-state index contributed by atoms with van der Waals surface area (Å²) >= 11 is 4.80. The van der Waals surface area contributed by atoms with E-state index in [9.17, 15) is 4.39 Å². The van der Waals surface area contributed by atoms with Crippen molar-refractivity contribution >= 4 is 40.5 Å². The molecular formula is C22H18FN5OS. The molecule has 2 heterocycles. The molecule has 2 aromatic heterocycles. The Hall–Kier alpha value is -3.52. The molecule has 0 aliphatic rings. The standard InChI is InChI=1S/C22H18FN5OS/c1-13-9-16(28-30)11-19-21(13)22(26-12-25-19)27-18-7-6-15(23)10-20(18)29-14(2)17-5-3-4-8-24-17/h3-12,14H,1-2H3,(H,25,26,27). The number of aryl methyl sites for hydroxylation is 1. The van der Waals surface area contributed by atoms with E-state index in [1.807, 2.05) is 38.1 Å². The lowest BCUT2D eigenvalue weighted by Gasteiger charge is -2.18. The molecule has 0 saturated heterocycles. The SMILES string of the molecule is Cc1cc(N=S)cc2ncnc(Nc3ccc(F)cc3OC(C)c3ccccn3)c12. The van der Waals surface area contributed by atoms with Gasteiger partial charge < -0.3 is 10.1 Å². The number of hydrogen-bond acceptors (Lipinski definition) is 7. The van der Waals surface area contributed by atoms with Crippen molar-refractivity contribution in [2.24, 2.45) is 4.36 Å². The van der Waals surface area contributed by atoms with Crippen LogP contribution in [0, 0.1) is 12.7 Å². The van der Waals surface area contributed by atoms with Crippen molar-refractivity contribution in [2.75, 3.05) is 5.32 Å². The molecule has 1 N–H and O–H groups in total. The highest BCUT2D eigenvalue weighted by Crippen LogP contribution is 2.35. The Morgan fingerprint density at radius 1 is 1.10 bits per heavy atom. The zero-order valence-corrected chi connectivity index (χ0v) is 17.2. The molecule has 6 nitrogen and oxygen atoms in total. The lowest BCUT2D eigenvalue weighted by Crippen LogP contribution is -2.07. The van der Waals surface area contributed by atoms with E-state index in [2.05, 4.69) is 24.6 Å². The van der Waals surface area contributed by atoms with Gasteiger partial charge in [0.2, 0.25) is 0 Å². The molecule has 1 atom stereocenters. The first-order valence-electron chi connectivity index (χ1n) is 9.28. The van der Waals surface area contributed by atoms with Crippen molar-refractivity contribution in [3.63, 3.8) is 0 Å². The summed E-state index contributed by atoms with van der Waals surface area (Å²) in [6.07, 6.45) is 2.78. The zero-order valence-electron chi connectivity index (χ0n) is 16.3. The van der Waals surface area contributed by atoms with Crippen LogP contribution in [0.15, 0.2) is 65.4 Å². The fourth-order valence-electron chi connectivity index (χ4n) is 3.21. The second-order valence-corrected chi connectivity index (χ2v) is 6.93. The molecule has 0 bridgehead atoms. The fraction of sp³-hybridized carbons (Fsp3) is 0.136. The van der Waals surface area contributed by atoms with Crippen molar-refractivity contribution < 1.29 is 9.13 Å². The molecule has 0 radical (unpaired) electrons. The minimum absolute atomic E-state index is 0.356. The molecule has 0 fully saturated rings. The lowest BCUT2D eigenvalue weighted by atomic mass is 10.1. The molecule has 4 aromatic rings. The number of halogens is 1. The first-order valence-corrected chi connectivity index (χ1v) is 9.64. The minimum Gasteiger partial charge on any atom is -0.482 e. The number of nitrogens with zero attached hydrogens (tertiary/aromatic N) is 4. The van der Waals surface area contributed by atoms with Gasteiger partial charge in [0.1, 0.15) is 29.8 Å². The van der Waals surface area contributed by atoms with Crippen LogP contribution in [0.25, 0.3) is 10.9 Å². The van der Waals surface area contributed by atoms with Gasteiger partial charge in [-0.1, -0.05) is 6.07 Å². The highest BCUT2D eigenvalue weighted by molar-refractivity contribution is 7.47. The van der Waals surface area contributed by atoms with Crippen molar-refractivity contribution in [1.82, 2.24) is 15.0 Å². The molecule has 2 aromatic carbocycles. The summed E-state index contributed by atoms with van der Waals surface area (Å²) in [6.45, 7) is 3.80. The van der Waals surface area contributed by atoms with Gasteiger partial charge in [-0.2, -0.15) is 4.36 Å². The Bertz CT molecular complexity index is 1220. The van der Waals surface area contributed by atoms with Gasteiger partial charge in [-0.3, -0.25) is 4.98 Å². The van der Waals surface area contributed by atoms with Crippen LogP contribution in [0.3, 0.4) is 0 Å². The van der Waals surface area contributed by atoms with Crippen LogP contribution in [-0.2, 0) is 12.4 Å². The van der Waals surface area contributed by atoms with E-state index >= 15 is 0 Å². The highest BCUT2D eigenvalue weighted by atomic mass is 32.1. The Morgan fingerprint density at radius 2 is 1.97 bits per heavy atom. The number of hydrogen-bond donors (Lipinski definition) is 1. The average molecular weight is 419 g/mol. The topological polar surface area (TPSA) is 72.3 Å². The molecule has 1 unspecified atom stereocenters. The Morgan fingerprint density at radius 3 is 2.73 bits per heavy atom. The van der Waals surface area contributed by atoms with Crippen molar-refractivity contribution in [2.45, 2.75) is 20.0 Å². The third-order valence-corrected chi connectivity index (χ3v) is 4.84. The molecule has 30 heavy (non-hydrogen) atoms. The van der Waals surface area contributed by atoms with E-state index in [4.69, 9.17) is 17.2 Å². The molecule has 0 saturated carbocycles. The van der Waals surface area contributed by atoms with Crippen molar-refractivity contribution in [1.29, 1.82) is 0 Å². The van der Waals surface area contributed by atoms with Gasteiger partial charge in [0.15, 0.2) is 0 Å². The summed E-state index contributed by atoms with van der Waals surface area (Å²) in [5, 5.41) is 4.08. The summed E-state index contributed by atoms with van der Waals surface area (Å²) in [5.74, 6) is 0.536. The van der Waals surface area contributed by atoms with Gasteiger partial charge in [0.25, 0.3) is 0 Å². The van der Waals surface area contributed by atoms with Gasteiger partial charge in [-0.25, -0.2) is 14.4 Å². The number of pyridine rings is 1. The summed E-state index contributed by atoms with van der Waals surface area (Å²) in [7, 11) is 0. The third kappa shape index (κ3) is 4.08. The molecule has 4 rings (SSSR count). The van der Waals surface area contributed by atoms with Crippen LogP contribution in [0.1, 0.15) is 24.3 Å². The van der Waals surface area contributed by atoms with Gasteiger partial charge in [0.05, 0.1) is 22.6 Å². The van der Waals surface area contributed by atoms with Gasteiger partial charge in [0, 0.05) is 30.1 Å². The number of fused-ring (bicyclic) bond motifs is 1. The maximum atomic E-state index is 14.0. The van der Waals surface area contributed by atoms with Crippen LogP contribution in [0.4, 0.5) is 21.6 Å². The van der Waals surface area contributed by atoms with E-state index in [1.165, 1.54) is 18.5 Å². The molecule has 0 amide bonds. The number of nitrogens with one attached hydrogen (secondary N) is 1. The number of anilines is 2. The van der Waals surface area contributed by atoms with Crippen LogP contribution in [0.5, 0.6) is 5.75 Å². The molecule has 0 spiro atoms. The fourth-order valence-corrected chi connectivity index (χ4v) is 3.32.